The Morgan fingerprint density at radius 2 is 1.46 bits per heavy atom. The fourth-order valence-corrected chi connectivity index (χ4v) is 5.48. The lowest BCUT2D eigenvalue weighted by Crippen LogP contribution is -2.38. The van der Waals surface area contributed by atoms with E-state index in [4.69, 9.17) is 28.9 Å². The molecule has 0 aliphatic carbocycles. The highest BCUT2D eigenvalue weighted by molar-refractivity contribution is 6.30. The van der Waals surface area contributed by atoms with Crippen molar-refractivity contribution in [2.75, 3.05) is 13.1 Å². The van der Waals surface area contributed by atoms with E-state index in [-0.39, 0.29) is 30.6 Å². The largest absolute Gasteiger partial charge is 0.370 e. The molecule has 1 saturated heterocycles. The Hall–Kier alpha value is -3.35. The lowest BCUT2D eigenvalue weighted by molar-refractivity contribution is -0.134. The van der Waals surface area contributed by atoms with Crippen LogP contribution in [-0.2, 0) is 9.59 Å². The SMILES string of the molecule is NC(=O)CCC(=O)N1CCC(c2[nH]nc3ccc(C(c4ccc(Cl)cc4)c4ccc(Cl)cc4)cc23)CC1. The molecule has 1 aliphatic rings. The molecule has 3 aromatic carbocycles. The Morgan fingerprint density at radius 1 is 0.892 bits per heavy atom. The molecule has 2 amide bonds. The van der Waals surface area contributed by atoms with Crippen LogP contribution < -0.4 is 5.73 Å². The maximum Gasteiger partial charge on any atom is 0.223 e. The van der Waals surface area contributed by atoms with E-state index in [2.05, 4.69) is 52.7 Å². The van der Waals surface area contributed by atoms with Crippen molar-refractivity contribution in [1.29, 1.82) is 0 Å². The lowest BCUT2D eigenvalue weighted by Gasteiger charge is -2.31. The van der Waals surface area contributed by atoms with E-state index in [9.17, 15) is 9.59 Å². The number of hydrogen-bond acceptors (Lipinski definition) is 3. The third kappa shape index (κ3) is 5.65. The summed E-state index contributed by atoms with van der Waals surface area (Å²) in [5.41, 5.74) is 10.6. The van der Waals surface area contributed by atoms with Gasteiger partial charge in [-0.15, -0.1) is 0 Å². The number of likely N-dealkylation sites (tertiary alicyclic amines) is 1. The van der Waals surface area contributed by atoms with Crippen LogP contribution in [0.4, 0.5) is 0 Å². The van der Waals surface area contributed by atoms with Crippen molar-refractivity contribution >= 4 is 45.9 Å². The van der Waals surface area contributed by atoms with Gasteiger partial charge < -0.3 is 10.6 Å². The van der Waals surface area contributed by atoms with Gasteiger partial charge in [0.15, 0.2) is 0 Å². The highest BCUT2D eigenvalue weighted by atomic mass is 35.5. The minimum absolute atomic E-state index is 0.00593. The lowest BCUT2D eigenvalue weighted by atomic mass is 9.84. The molecule has 190 valence electrons. The predicted octanol–water partition coefficient (Wildman–Crippen LogP) is 6.02. The number of amides is 2. The fraction of sp³-hybridized carbons (Fsp3) is 0.276. The number of benzene rings is 3. The molecule has 3 N–H and O–H groups in total. The molecule has 0 radical (unpaired) electrons. The molecule has 5 rings (SSSR count). The average molecular weight is 535 g/mol. The first-order chi connectivity index (χ1) is 17.9. The van der Waals surface area contributed by atoms with Gasteiger partial charge in [-0.2, -0.15) is 5.10 Å². The zero-order chi connectivity index (χ0) is 25.9. The van der Waals surface area contributed by atoms with Gasteiger partial charge in [-0.3, -0.25) is 14.7 Å². The van der Waals surface area contributed by atoms with Gasteiger partial charge in [0.25, 0.3) is 0 Å². The second-order valence-electron chi connectivity index (χ2n) is 9.57. The van der Waals surface area contributed by atoms with Crippen molar-refractivity contribution in [3.63, 3.8) is 0 Å². The number of rotatable bonds is 7. The second-order valence-corrected chi connectivity index (χ2v) is 10.4. The van der Waals surface area contributed by atoms with Gasteiger partial charge in [-0.25, -0.2) is 0 Å². The molecule has 2 heterocycles. The zero-order valence-corrected chi connectivity index (χ0v) is 21.8. The van der Waals surface area contributed by atoms with Gasteiger partial charge in [0.2, 0.25) is 11.8 Å². The first kappa shape index (κ1) is 25.3. The number of halogens is 2. The highest BCUT2D eigenvalue weighted by Crippen LogP contribution is 2.37. The van der Waals surface area contributed by atoms with Crippen LogP contribution in [0.15, 0.2) is 66.7 Å². The molecule has 8 heteroatoms. The fourth-order valence-electron chi connectivity index (χ4n) is 5.23. The molecule has 1 aromatic heterocycles. The molecule has 0 atom stereocenters. The van der Waals surface area contributed by atoms with Gasteiger partial charge in [0.1, 0.15) is 0 Å². The molecular formula is C29H28Cl2N4O2. The normalized spacial score (nSPS) is 14.4. The van der Waals surface area contributed by atoms with Gasteiger partial charge in [0.05, 0.1) is 5.52 Å². The molecule has 0 spiro atoms. The number of H-pyrrole nitrogens is 1. The number of hydrogen-bond donors (Lipinski definition) is 2. The summed E-state index contributed by atoms with van der Waals surface area (Å²) < 4.78 is 0. The quantitative estimate of drug-likeness (QED) is 0.284. The van der Waals surface area contributed by atoms with Crippen LogP contribution in [0.5, 0.6) is 0 Å². The van der Waals surface area contributed by atoms with E-state index in [1.54, 1.807) is 0 Å². The molecule has 0 bridgehead atoms. The Kier molecular flexibility index (Phi) is 7.49. The molecule has 37 heavy (non-hydrogen) atoms. The summed E-state index contributed by atoms with van der Waals surface area (Å²) in [6, 6.07) is 22.3. The number of nitrogens with zero attached hydrogens (tertiary/aromatic N) is 2. The molecule has 0 saturated carbocycles. The van der Waals surface area contributed by atoms with E-state index < -0.39 is 5.91 Å². The smallest absolute Gasteiger partial charge is 0.223 e. The summed E-state index contributed by atoms with van der Waals surface area (Å²) in [5.74, 6) is -0.183. The van der Waals surface area contributed by atoms with Crippen molar-refractivity contribution in [3.8, 4) is 0 Å². The molecule has 6 nitrogen and oxygen atoms in total. The van der Waals surface area contributed by atoms with E-state index in [1.165, 1.54) is 0 Å². The van der Waals surface area contributed by atoms with Crippen LogP contribution in [-0.4, -0.2) is 40.0 Å². The number of fused-ring (bicyclic) bond motifs is 1. The third-order valence-electron chi connectivity index (χ3n) is 7.19. The highest BCUT2D eigenvalue weighted by Gasteiger charge is 2.27. The van der Waals surface area contributed by atoms with Crippen molar-refractivity contribution in [1.82, 2.24) is 15.1 Å². The first-order valence-electron chi connectivity index (χ1n) is 12.4. The number of aromatic amines is 1. The van der Waals surface area contributed by atoms with E-state index >= 15 is 0 Å². The minimum Gasteiger partial charge on any atom is -0.370 e. The Balaban J connectivity index is 1.43. The summed E-state index contributed by atoms with van der Waals surface area (Å²) in [6.07, 6.45) is 1.94. The number of nitrogens with one attached hydrogen (secondary N) is 1. The van der Waals surface area contributed by atoms with Gasteiger partial charge in [-0.05, 0) is 65.9 Å². The summed E-state index contributed by atoms with van der Waals surface area (Å²) in [7, 11) is 0. The van der Waals surface area contributed by atoms with Crippen molar-refractivity contribution in [2.45, 2.75) is 37.5 Å². The molecule has 0 unspecified atom stereocenters. The summed E-state index contributed by atoms with van der Waals surface area (Å²) >= 11 is 12.4. The zero-order valence-electron chi connectivity index (χ0n) is 20.3. The average Bonchev–Trinajstić information content (AvgIpc) is 3.33. The molecule has 1 aliphatic heterocycles. The van der Waals surface area contributed by atoms with E-state index in [0.29, 0.717) is 23.1 Å². The van der Waals surface area contributed by atoms with E-state index in [0.717, 1.165) is 46.1 Å². The summed E-state index contributed by atoms with van der Waals surface area (Å²) in [4.78, 5) is 25.3. The number of carbonyl (C=O) groups is 2. The van der Waals surface area contributed by atoms with Crippen LogP contribution in [0.25, 0.3) is 10.9 Å². The topological polar surface area (TPSA) is 92.1 Å². The van der Waals surface area contributed by atoms with E-state index in [1.807, 2.05) is 29.2 Å². The second kappa shape index (κ2) is 11.0. The summed E-state index contributed by atoms with van der Waals surface area (Å²) in [6.45, 7) is 1.31. The number of primary amides is 1. The number of nitrogens with two attached hydrogens (primary N) is 1. The molecule has 4 aromatic rings. The Labute approximate surface area is 225 Å². The van der Waals surface area contributed by atoms with Crippen LogP contribution in [0.3, 0.4) is 0 Å². The van der Waals surface area contributed by atoms with Gasteiger partial charge in [0, 0.05) is 58.9 Å². The van der Waals surface area contributed by atoms with Crippen LogP contribution in [0.2, 0.25) is 10.0 Å². The first-order valence-corrected chi connectivity index (χ1v) is 13.2. The van der Waals surface area contributed by atoms with Crippen molar-refractivity contribution < 1.29 is 9.59 Å². The van der Waals surface area contributed by atoms with Crippen LogP contribution >= 0.6 is 23.2 Å². The standard InChI is InChI=1S/C29H28Cl2N4O2/c30-22-6-1-18(2-7-22)28(19-3-8-23(31)9-4-19)21-5-10-25-24(17-21)29(34-33-25)20-13-15-35(16-14-20)27(37)12-11-26(32)36/h1-10,17,20,28H,11-16H2,(H2,32,36)(H,33,34). The number of carbonyl (C=O) groups excluding carboxylic acids is 2. The van der Waals surface area contributed by atoms with Crippen molar-refractivity contribution in [2.24, 2.45) is 5.73 Å². The third-order valence-corrected chi connectivity index (χ3v) is 7.69. The number of piperidine rings is 1. The van der Waals surface area contributed by atoms with Crippen LogP contribution in [0.1, 0.15) is 59.9 Å². The van der Waals surface area contributed by atoms with Crippen molar-refractivity contribution in [3.05, 3.63) is 99.2 Å². The number of aromatic nitrogens is 2. The maximum atomic E-state index is 12.4. The van der Waals surface area contributed by atoms with Crippen LogP contribution in [0, 0.1) is 0 Å². The molecule has 1 fully saturated rings. The monoisotopic (exact) mass is 534 g/mol. The maximum absolute atomic E-state index is 12.4. The Morgan fingerprint density at radius 3 is 2.03 bits per heavy atom. The minimum atomic E-state index is -0.446. The Bertz CT molecular complexity index is 1360. The summed E-state index contributed by atoms with van der Waals surface area (Å²) in [5, 5.41) is 10.4. The van der Waals surface area contributed by atoms with Gasteiger partial charge in [-0.1, -0.05) is 53.5 Å². The van der Waals surface area contributed by atoms with Gasteiger partial charge >= 0.3 is 0 Å². The predicted molar refractivity (Wildman–Crippen MR) is 147 cm³/mol. The molecular weight excluding hydrogens is 507 g/mol.